The van der Waals surface area contributed by atoms with Crippen LogP contribution in [0.25, 0.3) is 0 Å². The summed E-state index contributed by atoms with van der Waals surface area (Å²) in [5.41, 5.74) is 2.32. The molecule has 0 bridgehead atoms. The maximum atomic E-state index is 5.76. The number of hydrogen-bond acceptors (Lipinski definition) is 1. The molecule has 1 saturated carbocycles. The Bertz CT molecular complexity index is 416. The van der Waals surface area contributed by atoms with Gasteiger partial charge in [-0.15, -0.1) is 0 Å². The van der Waals surface area contributed by atoms with Crippen molar-refractivity contribution in [3.8, 4) is 5.75 Å². The molecule has 16 heavy (non-hydrogen) atoms. The number of fused-ring (bicyclic) bond motifs is 2. The second-order valence-electron chi connectivity index (χ2n) is 6.37. The average Bonchev–Trinajstić information content (AvgIpc) is 2.94. The molecule has 1 aliphatic heterocycles. The van der Waals surface area contributed by atoms with E-state index in [1.165, 1.54) is 18.4 Å². The SMILES string of the molecule is CC(C)(C)C1CC12CCOc1ccccc12. The third-order valence-electron chi connectivity index (χ3n) is 4.35. The van der Waals surface area contributed by atoms with Crippen LogP contribution < -0.4 is 4.74 Å². The summed E-state index contributed by atoms with van der Waals surface area (Å²) in [6, 6.07) is 8.61. The Balaban J connectivity index is 2.02. The Labute approximate surface area is 97.8 Å². The highest BCUT2D eigenvalue weighted by atomic mass is 16.5. The van der Waals surface area contributed by atoms with E-state index in [-0.39, 0.29) is 0 Å². The lowest BCUT2D eigenvalue weighted by Crippen LogP contribution is -2.25. The van der Waals surface area contributed by atoms with E-state index < -0.39 is 0 Å². The van der Waals surface area contributed by atoms with E-state index in [1.54, 1.807) is 0 Å². The van der Waals surface area contributed by atoms with Gasteiger partial charge < -0.3 is 4.74 Å². The van der Waals surface area contributed by atoms with Gasteiger partial charge in [0.05, 0.1) is 6.61 Å². The first-order valence-corrected chi connectivity index (χ1v) is 6.26. The van der Waals surface area contributed by atoms with Gasteiger partial charge in [0.1, 0.15) is 5.75 Å². The third kappa shape index (κ3) is 1.30. The predicted molar refractivity (Wildman–Crippen MR) is 65.8 cm³/mol. The van der Waals surface area contributed by atoms with Crippen molar-refractivity contribution in [2.24, 2.45) is 11.3 Å². The lowest BCUT2D eigenvalue weighted by atomic mass is 9.79. The second kappa shape index (κ2) is 3.03. The number of para-hydroxylation sites is 1. The third-order valence-corrected chi connectivity index (χ3v) is 4.35. The van der Waals surface area contributed by atoms with Gasteiger partial charge in [0, 0.05) is 11.0 Å². The standard InChI is InChI=1S/C15H20O/c1-14(2,3)13-10-15(13)8-9-16-12-7-5-4-6-11(12)15/h4-7,13H,8-10H2,1-3H3. The zero-order chi connectivity index (χ0) is 11.4. The first-order valence-electron chi connectivity index (χ1n) is 6.26. The van der Waals surface area contributed by atoms with Gasteiger partial charge in [-0.2, -0.15) is 0 Å². The highest BCUT2D eigenvalue weighted by Gasteiger charge is 2.61. The fourth-order valence-electron chi connectivity index (χ4n) is 3.50. The van der Waals surface area contributed by atoms with Crippen molar-refractivity contribution in [2.45, 2.75) is 39.0 Å². The van der Waals surface area contributed by atoms with Crippen LogP contribution in [0.15, 0.2) is 24.3 Å². The van der Waals surface area contributed by atoms with Gasteiger partial charge >= 0.3 is 0 Å². The first-order chi connectivity index (χ1) is 7.54. The summed E-state index contributed by atoms with van der Waals surface area (Å²) < 4.78 is 5.76. The van der Waals surface area contributed by atoms with Crippen LogP contribution in [0, 0.1) is 11.3 Å². The molecule has 0 saturated heterocycles. The van der Waals surface area contributed by atoms with Crippen molar-refractivity contribution < 1.29 is 4.74 Å². The molecule has 86 valence electrons. The summed E-state index contributed by atoms with van der Waals surface area (Å²) in [6.45, 7) is 7.99. The van der Waals surface area contributed by atoms with Crippen LogP contribution in [-0.4, -0.2) is 6.61 Å². The van der Waals surface area contributed by atoms with Crippen molar-refractivity contribution in [2.75, 3.05) is 6.61 Å². The number of benzene rings is 1. The zero-order valence-corrected chi connectivity index (χ0v) is 10.4. The van der Waals surface area contributed by atoms with E-state index in [2.05, 4.69) is 45.0 Å². The average molecular weight is 216 g/mol. The van der Waals surface area contributed by atoms with E-state index in [9.17, 15) is 0 Å². The molecule has 1 fully saturated rings. The maximum Gasteiger partial charge on any atom is 0.123 e. The zero-order valence-electron chi connectivity index (χ0n) is 10.4. The smallest absolute Gasteiger partial charge is 0.123 e. The molecule has 1 heterocycles. The molecule has 1 aromatic carbocycles. The normalized spacial score (nSPS) is 32.1. The second-order valence-corrected chi connectivity index (χ2v) is 6.37. The fourth-order valence-corrected chi connectivity index (χ4v) is 3.50. The molecule has 2 unspecified atom stereocenters. The molecule has 1 heteroatoms. The lowest BCUT2D eigenvalue weighted by molar-refractivity contribution is 0.228. The molecule has 1 nitrogen and oxygen atoms in total. The Morgan fingerprint density at radius 3 is 2.69 bits per heavy atom. The van der Waals surface area contributed by atoms with E-state index in [0.29, 0.717) is 10.8 Å². The van der Waals surface area contributed by atoms with Crippen molar-refractivity contribution in [1.82, 2.24) is 0 Å². The number of hydrogen-bond donors (Lipinski definition) is 0. The number of rotatable bonds is 0. The van der Waals surface area contributed by atoms with Gasteiger partial charge in [0.15, 0.2) is 0 Å². The molecule has 3 rings (SSSR count). The molecular weight excluding hydrogens is 196 g/mol. The lowest BCUT2D eigenvalue weighted by Gasteiger charge is -2.30. The summed E-state index contributed by atoms with van der Waals surface area (Å²) in [6.07, 6.45) is 2.54. The molecule has 2 aliphatic rings. The molecular formula is C15H20O. The van der Waals surface area contributed by atoms with Crippen LogP contribution >= 0.6 is 0 Å². The van der Waals surface area contributed by atoms with E-state index in [4.69, 9.17) is 4.74 Å². The van der Waals surface area contributed by atoms with Crippen LogP contribution in [0.2, 0.25) is 0 Å². The summed E-state index contributed by atoms with van der Waals surface area (Å²) in [4.78, 5) is 0. The van der Waals surface area contributed by atoms with Crippen LogP contribution in [-0.2, 0) is 5.41 Å². The molecule has 1 aromatic rings. The minimum atomic E-state index is 0.421. The molecule has 1 spiro atoms. The van der Waals surface area contributed by atoms with Gasteiger partial charge in [-0.1, -0.05) is 39.0 Å². The Hall–Kier alpha value is -0.980. The van der Waals surface area contributed by atoms with E-state index in [0.717, 1.165) is 18.3 Å². The Morgan fingerprint density at radius 1 is 1.25 bits per heavy atom. The monoisotopic (exact) mass is 216 g/mol. The van der Waals surface area contributed by atoms with Crippen LogP contribution in [0.3, 0.4) is 0 Å². The van der Waals surface area contributed by atoms with Crippen molar-refractivity contribution in [3.63, 3.8) is 0 Å². The highest BCUT2D eigenvalue weighted by molar-refractivity contribution is 5.46. The summed E-state index contributed by atoms with van der Waals surface area (Å²) in [7, 11) is 0. The van der Waals surface area contributed by atoms with Crippen molar-refractivity contribution >= 4 is 0 Å². The maximum absolute atomic E-state index is 5.76. The first kappa shape index (κ1) is 10.2. The van der Waals surface area contributed by atoms with Crippen molar-refractivity contribution in [1.29, 1.82) is 0 Å². The largest absolute Gasteiger partial charge is 0.493 e. The molecule has 0 radical (unpaired) electrons. The molecule has 2 atom stereocenters. The van der Waals surface area contributed by atoms with Crippen LogP contribution in [0.5, 0.6) is 5.75 Å². The van der Waals surface area contributed by atoms with Crippen molar-refractivity contribution in [3.05, 3.63) is 29.8 Å². The van der Waals surface area contributed by atoms with Gasteiger partial charge in [-0.25, -0.2) is 0 Å². The van der Waals surface area contributed by atoms with Gasteiger partial charge in [-0.3, -0.25) is 0 Å². The molecule has 0 amide bonds. The Kier molecular flexibility index (Phi) is 1.93. The summed E-state index contributed by atoms with van der Waals surface area (Å²) in [5, 5.41) is 0. The quantitative estimate of drug-likeness (QED) is 0.641. The summed E-state index contributed by atoms with van der Waals surface area (Å²) in [5.74, 6) is 1.95. The van der Waals surface area contributed by atoms with E-state index >= 15 is 0 Å². The predicted octanol–water partition coefficient (Wildman–Crippen LogP) is 3.77. The Morgan fingerprint density at radius 2 is 2.00 bits per heavy atom. The van der Waals surface area contributed by atoms with Gasteiger partial charge in [0.25, 0.3) is 0 Å². The molecule has 0 aromatic heterocycles. The highest BCUT2D eigenvalue weighted by Crippen LogP contribution is 2.66. The van der Waals surface area contributed by atoms with Crippen LogP contribution in [0.1, 0.15) is 39.2 Å². The van der Waals surface area contributed by atoms with E-state index in [1.807, 2.05) is 0 Å². The number of ether oxygens (including phenoxy) is 1. The van der Waals surface area contributed by atoms with Gasteiger partial charge in [0.2, 0.25) is 0 Å². The summed E-state index contributed by atoms with van der Waals surface area (Å²) >= 11 is 0. The molecule has 0 N–H and O–H groups in total. The van der Waals surface area contributed by atoms with Crippen LogP contribution in [0.4, 0.5) is 0 Å². The topological polar surface area (TPSA) is 9.23 Å². The minimum absolute atomic E-state index is 0.421. The fraction of sp³-hybridized carbons (Fsp3) is 0.600. The molecule has 1 aliphatic carbocycles. The van der Waals surface area contributed by atoms with Gasteiger partial charge in [-0.05, 0) is 30.2 Å². The minimum Gasteiger partial charge on any atom is -0.493 e.